The van der Waals surface area contributed by atoms with E-state index in [9.17, 15) is 0 Å². The zero-order valence-electron chi connectivity index (χ0n) is 10.8. The van der Waals surface area contributed by atoms with Crippen molar-refractivity contribution in [1.82, 2.24) is 0 Å². The standard InChI is InChI=1S/C9H20O2Si/c1-2-9(7-11-8-9)6-10-4-3-5-12/h2-8H2,1,12H3/i12T3. The molecule has 0 amide bonds. The van der Waals surface area contributed by atoms with Crippen LogP contribution in [-0.4, -0.2) is 40.2 Å². The Balaban J connectivity index is 2.02. The maximum absolute atomic E-state index is 7.17. The number of hydrogen-bond acceptors (Lipinski definition) is 2. The van der Waals surface area contributed by atoms with Crippen molar-refractivity contribution in [3.8, 4) is 0 Å². The summed E-state index contributed by atoms with van der Waals surface area (Å²) in [5.41, 5.74) is 0.220. The van der Waals surface area contributed by atoms with E-state index in [0.29, 0.717) is 25.7 Å². The molecule has 0 unspecified atom stereocenters. The predicted molar refractivity (Wildman–Crippen MR) is 53.7 cm³/mol. The molecule has 1 saturated heterocycles. The Bertz CT molecular complexity index is 187. The quantitative estimate of drug-likeness (QED) is 0.436. The van der Waals surface area contributed by atoms with Crippen molar-refractivity contribution in [2.24, 2.45) is 5.41 Å². The third-order valence-corrected chi connectivity index (χ3v) is 2.79. The minimum Gasteiger partial charge on any atom is -0.381 e. The molecule has 0 aromatic rings. The second kappa shape index (κ2) is 4.99. The smallest absolute Gasteiger partial charge is 0.0566 e. The summed E-state index contributed by atoms with van der Waals surface area (Å²) in [5, 5.41) is 0. The van der Waals surface area contributed by atoms with E-state index in [4.69, 9.17) is 13.2 Å². The maximum Gasteiger partial charge on any atom is 0.0566 e. The van der Waals surface area contributed by atoms with Gasteiger partial charge in [0.15, 0.2) is 0 Å². The molecule has 0 spiro atoms. The first-order valence-corrected chi connectivity index (χ1v) is 5.34. The summed E-state index contributed by atoms with van der Waals surface area (Å²) in [6, 6.07) is 0.378. The summed E-state index contributed by atoms with van der Waals surface area (Å²) in [5.74, 6) is 0. The third kappa shape index (κ3) is 2.57. The Morgan fingerprint density at radius 1 is 1.67 bits per heavy atom. The van der Waals surface area contributed by atoms with E-state index in [1.165, 1.54) is 0 Å². The minimum absolute atomic E-state index is 0.220. The van der Waals surface area contributed by atoms with Crippen LogP contribution in [0.4, 0.5) is 0 Å². The molecular formula is C9H20O2Si. The first kappa shape index (κ1) is 6.57. The highest BCUT2D eigenvalue weighted by Gasteiger charge is 2.36. The fourth-order valence-electron chi connectivity index (χ4n) is 1.24. The highest BCUT2D eigenvalue weighted by molar-refractivity contribution is 6.08. The highest BCUT2D eigenvalue weighted by Crippen LogP contribution is 2.31. The zero-order chi connectivity index (χ0) is 11.4. The Hall–Kier alpha value is 0.137. The second-order valence-corrected chi connectivity index (χ2v) is 4.00. The third-order valence-electron chi connectivity index (χ3n) is 2.44. The lowest BCUT2D eigenvalue weighted by atomic mass is 9.84. The summed E-state index contributed by atoms with van der Waals surface area (Å²) in [6.07, 6.45) is 1.74. The molecule has 1 fully saturated rings. The van der Waals surface area contributed by atoms with Gasteiger partial charge in [0.25, 0.3) is 0 Å². The van der Waals surface area contributed by atoms with E-state index in [1.54, 1.807) is 0 Å². The van der Waals surface area contributed by atoms with Crippen LogP contribution in [0, 0.1) is 5.41 Å². The Morgan fingerprint density at radius 2 is 2.50 bits per heavy atom. The van der Waals surface area contributed by atoms with E-state index < -0.39 is 10.0 Å². The first-order chi connectivity index (χ1) is 6.97. The molecule has 0 N–H and O–H groups in total. The summed E-state index contributed by atoms with van der Waals surface area (Å²) in [6.45, 7) is 5.01. The van der Waals surface area contributed by atoms with Crippen LogP contribution >= 0.6 is 0 Å². The van der Waals surface area contributed by atoms with Crippen LogP contribution in [0.2, 0.25) is 6.04 Å². The maximum atomic E-state index is 7.17. The highest BCUT2D eigenvalue weighted by atomic mass is 28.1. The van der Waals surface area contributed by atoms with E-state index in [-0.39, 0.29) is 5.41 Å². The van der Waals surface area contributed by atoms with Gasteiger partial charge in [0.1, 0.15) is 0 Å². The van der Waals surface area contributed by atoms with Crippen LogP contribution in [0.25, 0.3) is 0 Å². The van der Waals surface area contributed by atoms with Gasteiger partial charge in [-0.25, -0.2) is 0 Å². The second-order valence-electron chi connectivity index (χ2n) is 3.50. The fraction of sp³-hybridized carbons (Fsp3) is 1.00. The van der Waals surface area contributed by atoms with E-state index in [2.05, 4.69) is 6.92 Å². The van der Waals surface area contributed by atoms with Gasteiger partial charge in [-0.2, -0.15) is 0 Å². The largest absolute Gasteiger partial charge is 0.381 e. The topological polar surface area (TPSA) is 18.5 Å². The van der Waals surface area contributed by atoms with Gasteiger partial charge < -0.3 is 9.47 Å². The Kier molecular flexibility index (Phi) is 2.73. The molecule has 0 aromatic heterocycles. The van der Waals surface area contributed by atoms with Crippen LogP contribution in [0.15, 0.2) is 0 Å². The predicted octanol–water partition coefficient (Wildman–Crippen LogP) is 0.603. The zero-order valence-corrected chi connectivity index (χ0v) is 8.77. The molecule has 3 heteroatoms. The van der Waals surface area contributed by atoms with E-state index in [1.807, 2.05) is 0 Å². The molecule has 1 heterocycles. The molecule has 0 saturated carbocycles. The molecule has 1 aliphatic heterocycles. The van der Waals surface area contributed by atoms with Crippen molar-refractivity contribution in [2.45, 2.75) is 25.8 Å². The average molecular weight is 194 g/mol. The monoisotopic (exact) mass is 194 g/mol. The van der Waals surface area contributed by atoms with E-state index in [0.717, 1.165) is 19.6 Å². The van der Waals surface area contributed by atoms with Gasteiger partial charge in [-0.3, -0.25) is 0 Å². The van der Waals surface area contributed by atoms with Gasteiger partial charge in [-0.05, 0) is 12.8 Å². The molecule has 0 radical (unpaired) electrons. The van der Waals surface area contributed by atoms with Crippen molar-refractivity contribution < 1.29 is 9.47 Å². The first-order valence-electron chi connectivity index (χ1n) is 6.13. The van der Waals surface area contributed by atoms with Gasteiger partial charge in [0.05, 0.1) is 19.8 Å². The Morgan fingerprint density at radius 3 is 3.00 bits per heavy atom. The van der Waals surface area contributed by atoms with Crippen molar-refractivity contribution in [3.05, 3.63) is 0 Å². The summed E-state index contributed by atoms with van der Waals surface area (Å²) >= 11 is 0. The normalized spacial score (nSPS) is 25.2. The fourth-order valence-corrected chi connectivity index (χ4v) is 1.39. The van der Waals surface area contributed by atoms with Gasteiger partial charge >= 0.3 is 0 Å². The molecule has 0 aliphatic carbocycles. The average Bonchev–Trinajstić information content (AvgIpc) is 2.06. The number of hydrogen-bond donors (Lipinski definition) is 0. The lowest BCUT2D eigenvalue weighted by Crippen LogP contribution is -2.45. The van der Waals surface area contributed by atoms with Gasteiger partial charge in [0, 0.05) is 25.8 Å². The lowest BCUT2D eigenvalue weighted by molar-refractivity contribution is -0.150. The van der Waals surface area contributed by atoms with E-state index >= 15 is 0 Å². The van der Waals surface area contributed by atoms with Crippen LogP contribution in [0.5, 0.6) is 0 Å². The molecule has 0 bridgehead atoms. The molecule has 0 atom stereocenters. The molecule has 0 aromatic carbocycles. The molecule has 2 nitrogen and oxygen atoms in total. The molecular weight excluding hydrogens is 168 g/mol. The van der Waals surface area contributed by atoms with Gasteiger partial charge in [-0.15, -0.1) is 0 Å². The van der Waals surface area contributed by atoms with Gasteiger partial charge in [-0.1, -0.05) is 13.0 Å². The number of ether oxygens (including phenoxy) is 2. The lowest BCUT2D eigenvalue weighted by Gasteiger charge is -2.40. The Labute approximate surface area is 81.7 Å². The van der Waals surface area contributed by atoms with Crippen molar-refractivity contribution in [1.29, 1.82) is 3.70 Å². The van der Waals surface area contributed by atoms with Crippen molar-refractivity contribution >= 4 is 10.0 Å². The van der Waals surface area contributed by atoms with Crippen molar-refractivity contribution in [2.75, 3.05) is 26.4 Å². The summed E-state index contributed by atoms with van der Waals surface area (Å²) < 4.78 is 32.2. The summed E-state index contributed by atoms with van der Waals surface area (Å²) in [4.78, 5) is 0. The minimum atomic E-state index is -3.11. The van der Waals surface area contributed by atoms with Gasteiger partial charge in [0.2, 0.25) is 0 Å². The van der Waals surface area contributed by atoms with Crippen LogP contribution in [0.3, 0.4) is 0 Å². The molecule has 1 rings (SSSR count). The SMILES string of the molecule is [3H][Si]([3H])([3H])CCCOCC1(CC)COC1. The molecule has 72 valence electrons. The van der Waals surface area contributed by atoms with Crippen LogP contribution in [0.1, 0.15) is 19.8 Å². The van der Waals surface area contributed by atoms with Crippen LogP contribution < -0.4 is 0 Å². The van der Waals surface area contributed by atoms with Crippen LogP contribution in [-0.2, 0) is 9.47 Å². The van der Waals surface area contributed by atoms with Crippen molar-refractivity contribution in [3.63, 3.8) is 0 Å². The summed E-state index contributed by atoms with van der Waals surface area (Å²) in [7, 11) is -3.11. The number of rotatable bonds is 7. The molecule has 12 heavy (non-hydrogen) atoms. The molecule has 1 aliphatic rings.